The molecular weight excluding hydrogens is 638 g/mol. The average Bonchev–Trinajstić information content (AvgIpc) is 3.04. The number of rotatable bonds is 10. The largest absolute Gasteiger partial charge is 0.493 e. The number of nitrogens with zero attached hydrogens (tertiary/aromatic N) is 1. The van der Waals surface area contributed by atoms with Crippen LogP contribution in [0.2, 0.25) is 5.02 Å². The van der Waals surface area contributed by atoms with Gasteiger partial charge in [-0.25, -0.2) is 0 Å². The fourth-order valence-electron chi connectivity index (χ4n) is 7.47. The molecule has 0 radical (unpaired) electrons. The third-order valence-electron chi connectivity index (χ3n) is 9.69. The number of Topliss-reactive ketones (excluding diaryl/α,β-unsaturated/α-hetero) is 2. The number of hydrogen-bond donors (Lipinski definition) is 0. The van der Waals surface area contributed by atoms with Crippen LogP contribution in [0.25, 0.3) is 0 Å². The summed E-state index contributed by atoms with van der Waals surface area (Å²) in [4.78, 5) is 30.0. The summed E-state index contributed by atoms with van der Waals surface area (Å²) in [6, 6.07) is 19.4. The molecule has 1 aliphatic heterocycles. The first-order valence-corrected chi connectivity index (χ1v) is 17.4. The first kappa shape index (κ1) is 34.6. The Labute approximate surface area is 294 Å². The lowest BCUT2D eigenvalue weighted by Gasteiger charge is -2.48. The van der Waals surface area contributed by atoms with E-state index in [1.54, 1.807) is 7.11 Å². The monoisotopic (exact) mass is 683 g/mol. The number of benzene rings is 3. The Morgan fingerprint density at radius 1 is 0.735 bits per heavy atom. The molecule has 0 unspecified atom stereocenters. The van der Waals surface area contributed by atoms with Gasteiger partial charge in [-0.1, -0.05) is 75.7 Å². The average molecular weight is 684 g/mol. The molecule has 258 valence electrons. The second-order valence-electron chi connectivity index (χ2n) is 14.9. The smallest absolute Gasteiger partial charge is 0.180 e. The SMILES string of the molecule is CCOc1cc(COc2c(Cl)cc(C3C4=C(CC(C)(C)CC4=O)N(C)C4=C3C(=O)CC(C)(C)C4)cc2OC)ccc1OCc1ccccc1. The summed E-state index contributed by atoms with van der Waals surface area (Å²) in [6.45, 7) is 11.6. The second kappa shape index (κ2) is 13.6. The van der Waals surface area contributed by atoms with E-state index in [9.17, 15) is 9.59 Å². The molecule has 8 heteroatoms. The van der Waals surface area contributed by atoms with Gasteiger partial charge in [-0.15, -0.1) is 0 Å². The Kier molecular flexibility index (Phi) is 9.60. The Morgan fingerprint density at radius 2 is 1.35 bits per heavy atom. The Balaban J connectivity index is 1.32. The van der Waals surface area contributed by atoms with Crippen LogP contribution in [0.5, 0.6) is 23.0 Å². The highest BCUT2D eigenvalue weighted by atomic mass is 35.5. The van der Waals surface area contributed by atoms with Crippen molar-refractivity contribution < 1.29 is 28.5 Å². The Morgan fingerprint density at radius 3 is 1.94 bits per heavy atom. The van der Waals surface area contributed by atoms with E-state index >= 15 is 0 Å². The van der Waals surface area contributed by atoms with Crippen LogP contribution >= 0.6 is 11.6 Å². The van der Waals surface area contributed by atoms with Crippen molar-refractivity contribution in [1.82, 2.24) is 4.90 Å². The molecule has 3 aromatic rings. The van der Waals surface area contributed by atoms with Crippen LogP contribution in [-0.2, 0) is 22.8 Å². The quantitative estimate of drug-likeness (QED) is 0.211. The highest BCUT2D eigenvalue weighted by molar-refractivity contribution is 6.32. The van der Waals surface area contributed by atoms with Gasteiger partial charge in [0.2, 0.25) is 0 Å². The van der Waals surface area contributed by atoms with Crippen molar-refractivity contribution >= 4 is 23.2 Å². The van der Waals surface area contributed by atoms with Gasteiger partial charge in [0.1, 0.15) is 13.2 Å². The van der Waals surface area contributed by atoms with Gasteiger partial charge in [0.25, 0.3) is 0 Å². The number of carbonyl (C=O) groups excluding carboxylic acids is 2. The van der Waals surface area contributed by atoms with Crippen LogP contribution in [-0.4, -0.2) is 37.2 Å². The first-order valence-electron chi connectivity index (χ1n) is 17.0. The summed E-state index contributed by atoms with van der Waals surface area (Å²) < 4.78 is 24.1. The zero-order valence-corrected chi connectivity index (χ0v) is 30.3. The van der Waals surface area contributed by atoms with Crippen molar-refractivity contribution in [3.8, 4) is 23.0 Å². The molecule has 6 rings (SSSR count). The third-order valence-corrected chi connectivity index (χ3v) is 9.97. The predicted octanol–water partition coefficient (Wildman–Crippen LogP) is 9.22. The molecule has 0 atom stereocenters. The van der Waals surface area contributed by atoms with Gasteiger partial charge in [0.05, 0.1) is 18.7 Å². The molecule has 7 nitrogen and oxygen atoms in total. The molecule has 0 fully saturated rings. The number of allylic oxidation sites excluding steroid dienone is 4. The lowest BCUT2D eigenvalue weighted by atomic mass is 9.63. The highest BCUT2D eigenvalue weighted by Crippen LogP contribution is 2.55. The minimum atomic E-state index is -0.522. The van der Waals surface area contributed by atoms with E-state index < -0.39 is 5.92 Å². The van der Waals surface area contributed by atoms with E-state index in [4.69, 9.17) is 30.5 Å². The summed E-state index contributed by atoms with van der Waals surface area (Å²) in [5, 5.41) is 0.345. The van der Waals surface area contributed by atoms with Crippen molar-refractivity contribution in [3.63, 3.8) is 0 Å². The van der Waals surface area contributed by atoms with Crippen molar-refractivity contribution in [1.29, 1.82) is 0 Å². The number of ether oxygens (including phenoxy) is 4. The van der Waals surface area contributed by atoms with Crippen molar-refractivity contribution in [2.24, 2.45) is 10.8 Å². The van der Waals surface area contributed by atoms with Gasteiger partial charge in [-0.3, -0.25) is 9.59 Å². The van der Waals surface area contributed by atoms with Crippen LogP contribution in [0.3, 0.4) is 0 Å². The summed E-state index contributed by atoms with van der Waals surface area (Å²) in [5.41, 5.74) is 5.70. The molecule has 0 saturated heterocycles. The fourth-order valence-corrected chi connectivity index (χ4v) is 7.74. The van der Waals surface area contributed by atoms with Gasteiger partial charge in [-0.05, 0) is 71.6 Å². The van der Waals surface area contributed by atoms with E-state index in [1.807, 2.05) is 74.6 Å². The second-order valence-corrected chi connectivity index (χ2v) is 15.3. The van der Waals surface area contributed by atoms with E-state index in [2.05, 4.69) is 32.6 Å². The maximum absolute atomic E-state index is 13.9. The first-order chi connectivity index (χ1) is 23.3. The standard InChI is InChI=1S/C41H46ClNO6/c1-8-47-34-16-26(14-15-33(34)48-23-25-12-10-9-11-13-25)24-49-39-28(42)17-27(18-35(39)46-7)36-37-29(19-40(2,3)21-31(37)44)43(6)30-20-41(4,5)22-32(45)38(30)36/h9-18,36H,8,19-24H2,1-7H3. The molecule has 0 saturated carbocycles. The number of carbonyl (C=O) groups is 2. The fraction of sp³-hybridized carbons (Fsp3) is 0.415. The van der Waals surface area contributed by atoms with Gasteiger partial charge in [-0.2, -0.15) is 0 Å². The Bertz CT molecular complexity index is 1790. The zero-order chi connectivity index (χ0) is 35.1. The molecule has 0 aromatic heterocycles. The Hall–Kier alpha value is -4.23. The van der Waals surface area contributed by atoms with Crippen LogP contribution < -0.4 is 18.9 Å². The van der Waals surface area contributed by atoms with Crippen LogP contribution in [0.15, 0.2) is 83.2 Å². The molecule has 0 bridgehead atoms. The van der Waals surface area contributed by atoms with Crippen molar-refractivity contribution in [2.75, 3.05) is 20.8 Å². The van der Waals surface area contributed by atoms with Gasteiger partial charge in [0.15, 0.2) is 34.6 Å². The molecule has 2 aliphatic carbocycles. The van der Waals surface area contributed by atoms with Crippen LogP contribution in [0.4, 0.5) is 0 Å². The van der Waals surface area contributed by atoms with Crippen molar-refractivity contribution in [2.45, 2.75) is 79.4 Å². The molecule has 0 spiro atoms. The topological polar surface area (TPSA) is 74.3 Å². The molecule has 0 amide bonds. The highest BCUT2D eigenvalue weighted by Gasteiger charge is 2.48. The number of ketones is 2. The maximum atomic E-state index is 13.9. The summed E-state index contributed by atoms with van der Waals surface area (Å²) in [7, 11) is 3.58. The van der Waals surface area contributed by atoms with Crippen molar-refractivity contribution in [3.05, 3.63) is 105 Å². The predicted molar refractivity (Wildman–Crippen MR) is 191 cm³/mol. The molecule has 3 aromatic carbocycles. The van der Waals surface area contributed by atoms with E-state index in [0.717, 1.165) is 40.9 Å². The summed E-state index contributed by atoms with van der Waals surface area (Å²) in [5.74, 6) is 1.73. The minimum absolute atomic E-state index is 0.0731. The number of methoxy groups -OCH3 is 1. The van der Waals surface area contributed by atoms with E-state index in [0.29, 0.717) is 65.2 Å². The molecule has 3 aliphatic rings. The van der Waals surface area contributed by atoms with E-state index in [1.165, 1.54) is 0 Å². The van der Waals surface area contributed by atoms with Gasteiger partial charge >= 0.3 is 0 Å². The lowest BCUT2D eigenvalue weighted by molar-refractivity contribution is -0.119. The number of halogens is 1. The van der Waals surface area contributed by atoms with Gasteiger partial charge in [0, 0.05) is 48.3 Å². The molecule has 49 heavy (non-hydrogen) atoms. The van der Waals surface area contributed by atoms with E-state index in [-0.39, 0.29) is 29.0 Å². The van der Waals surface area contributed by atoms with Crippen LogP contribution in [0.1, 0.15) is 82.9 Å². The lowest BCUT2D eigenvalue weighted by Crippen LogP contribution is -2.43. The maximum Gasteiger partial charge on any atom is 0.180 e. The molecular formula is C41H46ClNO6. The van der Waals surface area contributed by atoms with Crippen LogP contribution in [0, 0.1) is 10.8 Å². The zero-order valence-electron chi connectivity index (χ0n) is 29.6. The third kappa shape index (κ3) is 7.09. The summed E-state index contributed by atoms with van der Waals surface area (Å²) >= 11 is 6.98. The minimum Gasteiger partial charge on any atom is -0.493 e. The normalized spacial score (nSPS) is 18.7. The molecule has 0 N–H and O–H groups in total. The van der Waals surface area contributed by atoms with Gasteiger partial charge < -0.3 is 23.8 Å². The molecule has 1 heterocycles. The number of hydrogen-bond acceptors (Lipinski definition) is 7. The summed E-state index contributed by atoms with van der Waals surface area (Å²) in [6.07, 6.45) is 2.34.